The van der Waals surface area contributed by atoms with Gasteiger partial charge in [-0.2, -0.15) is 0 Å². The molecule has 2 heteroatoms. The minimum atomic E-state index is 0.670. The van der Waals surface area contributed by atoms with Crippen LogP contribution in [0.3, 0.4) is 0 Å². The van der Waals surface area contributed by atoms with Gasteiger partial charge in [0, 0.05) is 12.4 Å². The predicted octanol–water partition coefficient (Wildman–Crippen LogP) is 3.57. The normalized spacial score (nSPS) is 12.7. The van der Waals surface area contributed by atoms with Gasteiger partial charge in [0.1, 0.15) is 0 Å². The van der Waals surface area contributed by atoms with Crippen molar-refractivity contribution in [1.29, 1.82) is 0 Å². The lowest BCUT2D eigenvalue weighted by molar-refractivity contribution is 0.716. The topological polar surface area (TPSA) is 12.0 Å². The molecule has 90 valence electrons. The second-order valence-corrected chi connectivity index (χ2v) is 4.62. The van der Waals surface area contributed by atoms with Crippen molar-refractivity contribution < 1.29 is 0 Å². The Balaban J connectivity index is 2.39. The van der Waals surface area contributed by atoms with Gasteiger partial charge in [-0.15, -0.1) is 11.6 Å². The van der Waals surface area contributed by atoms with Crippen LogP contribution in [0.25, 0.3) is 0 Å². The molecule has 0 aliphatic heterocycles. The summed E-state index contributed by atoms with van der Waals surface area (Å²) in [4.78, 5) is 0. The Morgan fingerprint density at radius 1 is 1.19 bits per heavy atom. The van der Waals surface area contributed by atoms with Gasteiger partial charge in [0.2, 0.25) is 0 Å². The molecule has 0 saturated heterocycles. The third kappa shape index (κ3) is 4.54. The predicted molar refractivity (Wildman–Crippen MR) is 72.4 cm³/mol. The number of alkyl halides is 1. The zero-order valence-electron chi connectivity index (χ0n) is 10.3. The van der Waals surface area contributed by atoms with Crippen LogP contribution in [-0.4, -0.2) is 19.0 Å². The molecule has 0 saturated carbocycles. The number of benzene rings is 1. The third-order valence-corrected chi connectivity index (χ3v) is 3.21. The fraction of sp³-hybridized carbons (Fsp3) is 0.571. The minimum absolute atomic E-state index is 0.670. The van der Waals surface area contributed by atoms with Crippen molar-refractivity contribution in [2.75, 3.05) is 19.0 Å². The van der Waals surface area contributed by atoms with Crippen LogP contribution < -0.4 is 5.32 Å². The molecular formula is C14H22ClN. The van der Waals surface area contributed by atoms with E-state index in [1.807, 2.05) is 0 Å². The van der Waals surface area contributed by atoms with Gasteiger partial charge in [-0.3, -0.25) is 0 Å². The van der Waals surface area contributed by atoms with Gasteiger partial charge in [-0.25, -0.2) is 0 Å². The van der Waals surface area contributed by atoms with Gasteiger partial charge < -0.3 is 5.32 Å². The van der Waals surface area contributed by atoms with Crippen molar-refractivity contribution in [1.82, 2.24) is 5.32 Å². The van der Waals surface area contributed by atoms with E-state index in [1.165, 1.54) is 17.5 Å². The van der Waals surface area contributed by atoms with E-state index >= 15 is 0 Å². The molecule has 0 amide bonds. The van der Waals surface area contributed by atoms with Gasteiger partial charge in [0.05, 0.1) is 0 Å². The lowest BCUT2D eigenvalue weighted by Gasteiger charge is -2.09. The van der Waals surface area contributed by atoms with Crippen LogP contribution in [0.15, 0.2) is 24.3 Å². The molecule has 1 unspecified atom stereocenters. The van der Waals surface area contributed by atoms with Gasteiger partial charge in [0.25, 0.3) is 0 Å². The van der Waals surface area contributed by atoms with E-state index in [0.717, 1.165) is 19.5 Å². The Morgan fingerprint density at radius 3 is 2.44 bits per heavy atom. The van der Waals surface area contributed by atoms with Crippen LogP contribution >= 0.6 is 11.6 Å². The quantitative estimate of drug-likeness (QED) is 0.567. The van der Waals surface area contributed by atoms with Crippen LogP contribution in [0, 0.1) is 0 Å². The molecule has 0 aliphatic rings. The van der Waals surface area contributed by atoms with Crippen molar-refractivity contribution >= 4 is 11.6 Å². The summed E-state index contributed by atoms with van der Waals surface area (Å²) in [5.74, 6) is 1.36. The van der Waals surface area contributed by atoms with E-state index < -0.39 is 0 Å². The Kier molecular flexibility index (Phi) is 6.51. The maximum atomic E-state index is 5.59. The smallest absolute Gasteiger partial charge is 0.0348 e. The standard InChI is InChI=1S/C14H22ClN/c1-3-12(2)14-6-4-13(5-7-14)8-10-16-11-9-15/h4-7,12,16H,3,8-11H2,1-2H3. The van der Waals surface area contributed by atoms with Crippen LogP contribution in [-0.2, 0) is 6.42 Å². The molecule has 1 N–H and O–H groups in total. The number of nitrogens with one attached hydrogen (secondary N) is 1. The number of halogens is 1. The first-order chi connectivity index (χ1) is 7.77. The fourth-order valence-electron chi connectivity index (χ4n) is 1.67. The maximum absolute atomic E-state index is 5.59. The Hall–Kier alpha value is -0.530. The van der Waals surface area contributed by atoms with E-state index in [1.54, 1.807) is 0 Å². The summed E-state index contributed by atoms with van der Waals surface area (Å²) in [6, 6.07) is 8.99. The summed E-state index contributed by atoms with van der Waals surface area (Å²) < 4.78 is 0. The molecule has 1 aromatic rings. The van der Waals surface area contributed by atoms with Crippen molar-refractivity contribution in [2.24, 2.45) is 0 Å². The Morgan fingerprint density at radius 2 is 1.88 bits per heavy atom. The van der Waals surface area contributed by atoms with Gasteiger partial charge in [-0.1, -0.05) is 38.1 Å². The molecule has 0 aliphatic carbocycles. The molecule has 0 bridgehead atoms. The molecule has 0 radical (unpaired) electrons. The van der Waals surface area contributed by atoms with Gasteiger partial charge in [0.15, 0.2) is 0 Å². The first-order valence-corrected chi connectivity index (χ1v) is 6.67. The van der Waals surface area contributed by atoms with Crippen LogP contribution in [0.2, 0.25) is 0 Å². The molecule has 1 nitrogen and oxygen atoms in total. The number of rotatable bonds is 7. The van der Waals surface area contributed by atoms with E-state index in [9.17, 15) is 0 Å². The first kappa shape index (κ1) is 13.5. The second-order valence-electron chi connectivity index (χ2n) is 4.24. The summed E-state index contributed by atoms with van der Waals surface area (Å²) in [5.41, 5.74) is 2.84. The Bertz CT molecular complexity index is 281. The number of hydrogen-bond acceptors (Lipinski definition) is 1. The average Bonchev–Trinajstić information content (AvgIpc) is 2.34. The van der Waals surface area contributed by atoms with E-state index in [-0.39, 0.29) is 0 Å². The van der Waals surface area contributed by atoms with Crippen LogP contribution in [0.1, 0.15) is 37.3 Å². The zero-order valence-corrected chi connectivity index (χ0v) is 11.1. The monoisotopic (exact) mass is 239 g/mol. The van der Waals surface area contributed by atoms with E-state index in [4.69, 9.17) is 11.6 Å². The van der Waals surface area contributed by atoms with E-state index in [2.05, 4.69) is 43.4 Å². The maximum Gasteiger partial charge on any atom is 0.0348 e. The molecular weight excluding hydrogens is 218 g/mol. The van der Waals surface area contributed by atoms with E-state index in [0.29, 0.717) is 11.8 Å². The molecule has 0 heterocycles. The Labute approximate surface area is 104 Å². The van der Waals surface area contributed by atoms with Crippen LogP contribution in [0.4, 0.5) is 0 Å². The van der Waals surface area contributed by atoms with Gasteiger partial charge >= 0.3 is 0 Å². The minimum Gasteiger partial charge on any atom is -0.315 e. The summed E-state index contributed by atoms with van der Waals surface area (Å²) in [6.07, 6.45) is 2.29. The highest BCUT2D eigenvalue weighted by atomic mass is 35.5. The summed E-state index contributed by atoms with van der Waals surface area (Å²) in [5, 5.41) is 3.30. The lowest BCUT2D eigenvalue weighted by atomic mass is 9.97. The third-order valence-electron chi connectivity index (χ3n) is 3.02. The molecule has 1 rings (SSSR count). The van der Waals surface area contributed by atoms with Crippen molar-refractivity contribution in [3.63, 3.8) is 0 Å². The molecule has 1 atom stereocenters. The summed E-state index contributed by atoms with van der Waals surface area (Å²) in [7, 11) is 0. The molecule has 0 spiro atoms. The first-order valence-electron chi connectivity index (χ1n) is 6.13. The second kappa shape index (κ2) is 7.70. The zero-order chi connectivity index (χ0) is 11.8. The molecule has 0 fully saturated rings. The van der Waals surface area contributed by atoms with Crippen molar-refractivity contribution in [3.8, 4) is 0 Å². The summed E-state index contributed by atoms with van der Waals surface area (Å²) in [6.45, 7) is 6.41. The highest BCUT2D eigenvalue weighted by Crippen LogP contribution is 2.18. The molecule has 16 heavy (non-hydrogen) atoms. The van der Waals surface area contributed by atoms with Crippen molar-refractivity contribution in [3.05, 3.63) is 35.4 Å². The van der Waals surface area contributed by atoms with Crippen LogP contribution in [0.5, 0.6) is 0 Å². The highest BCUT2D eigenvalue weighted by molar-refractivity contribution is 6.18. The number of hydrogen-bond donors (Lipinski definition) is 1. The van der Waals surface area contributed by atoms with Gasteiger partial charge in [-0.05, 0) is 36.4 Å². The summed E-state index contributed by atoms with van der Waals surface area (Å²) >= 11 is 5.59. The molecule has 1 aromatic carbocycles. The largest absolute Gasteiger partial charge is 0.315 e. The van der Waals surface area contributed by atoms with Crippen molar-refractivity contribution in [2.45, 2.75) is 32.6 Å². The molecule has 0 aromatic heterocycles. The lowest BCUT2D eigenvalue weighted by Crippen LogP contribution is -2.19. The SMILES string of the molecule is CCC(C)c1ccc(CCNCCCl)cc1. The highest BCUT2D eigenvalue weighted by Gasteiger charge is 2.01. The average molecular weight is 240 g/mol. The fourth-order valence-corrected chi connectivity index (χ4v) is 1.81.